The number of aryl methyl sites for hydroxylation is 1. The average molecular weight is 274 g/mol. The number of hydrogen-bond donors (Lipinski definition) is 0. The topological polar surface area (TPSA) is 0 Å². The van der Waals surface area contributed by atoms with Gasteiger partial charge in [0.25, 0.3) is 0 Å². The van der Waals surface area contributed by atoms with E-state index in [1.807, 2.05) is 11.3 Å². The monoisotopic (exact) mass is 274 g/mol. The molecular formula is C19H14S. The van der Waals surface area contributed by atoms with E-state index in [2.05, 4.69) is 73.7 Å². The van der Waals surface area contributed by atoms with Crippen molar-refractivity contribution in [1.29, 1.82) is 0 Å². The van der Waals surface area contributed by atoms with E-state index in [1.54, 1.807) is 0 Å². The average Bonchev–Trinajstić information content (AvgIpc) is 2.86. The van der Waals surface area contributed by atoms with Gasteiger partial charge in [-0.15, -0.1) is 11.3 Å². The molecular weight excluding hydrogens is 260 g/mol. The lowest BCUT2D eigenvalue weighted by Crippen LogP contribution is -1.82. The van der Waals surface area contributed by atoms with Crippen molar-refractivity contribution in [3.63, 3.8) is 0 Å². The Kier molecular flexibility index (Phi) is 2.61. The fraction of sp³-hybridized carbons (Fsp3) is 0.0526. The molecule has 0 nitrogen and oxygen atoms in total. The minimum Gasteiger partial charge on any atom is -0.135 e. The van der Waals surface area contributed by atoms with Crippen LogP contribution in [-0.4, -0.2) is 0 Å². The van der Waals surface area contributed by atoms with Crippen molar-refractivity contribution in [2.75, 3.05) is 0 Å². The second kappa shape index (κ2) is 4.46. The van der Waals surface area contributed by atoms with Crippen LogP contribution in [0, 0.1) is 6.92 Å². The summed E-state index contributed by atoms with van der Waals surface area (Å²) in [6.45, 7) is 2.18. The van der Waals surface area contributed by atoms with Gasteiger partial charge >= 0.3 is 0 Å². The maximum Gasteiger partial charge on any atom is 0.0433 e. The first kappa shape index (κ1) is 11.7. The zero-order valence-electron chi connectivity index (χ0n) is 11.3. The van der Waals surface area contributed by atoms with Crippen molar-refractivity contribution >= 4 is 31.5 Å². The zero-order chi connectivity index (χ0) is 13.5. The second-order valence-corrected chi connectivity index (χ2v) is 6.15. The molecule has 0 aliphatic heterocycles. The molecule has 0 spiro atoms. The Morgan fingerprint density at radius 2 is 1.35 bits per heavy atom. The van der Waals surface area contributed by atoms with Gasteiger partial charge in [0.1, 0.15) is 0 Å². The van der Waals surface area contributed by atoms with Crippen LogP contribution in [0.5, 0.6) is 0 Å². The summed E-state index contributed by atoms with van der Waals surface area (Å²) in [7, 11) is 0. The number of benzene rings is 3. The van der Waals surface area contributed by atoms with Gasteiger partial charge in [-0.1, -0.05) is 60.7 Å². The molecule has 0 radical (unpaired) electrons. The highest BCUT2D eigenvalue weighted by Gasteiger charge is 2.10. The first-order chi connectivity index (χ1) is 9.84. The molecule has 96 valence electrons. The van der Waals surface area contributed by atoms with Crippen molar-refractivity contribution in [2.24, 2.45) is 0 Å². The van der Waals surface area contributed by atoms with Gasteiger partial charge in [0.15, 0.2) is 0 Å². The molecule has 0 bridgehead atoms. The van der Waals surface area contributed by atoms with Gasteiger partial charge in [-0.25, -0.2) is 0 Å². The van der Waals surface area contributed by atoms with Crippen LogP contribution in [0.2, 0.25) is 0 Å². The van der Waals surface area contributed by atoms with Crippen molar-refractivity contribution < 1.29 is 0 Å². The zero-order valence-corrected chi connectivity index (χ0v) is 12.1. The molecule has 1 heteroatoms. The first-order valence-corrected chi connectivity index (χ1v) is 7.62. The van der Waals surface area contributed by atoms with E-state index < -0.39 is 0 Å². The molecule has 0 aliphatic rings. The van der Waals surface area contributed by atoms with Gasteiger partial charge in [-0.05, 0) is 29.7 Å². The van der Waals surface area contributed by atoms with Crippen LogP contribution in [0.25, 0.3) is 31.3 Å². The molecule has 0 atom stereocenters. The van der Waals surface area contributed by atoms with Gasteiger partial charge in [0.2, 0.25) is 0 Å². The SMILES string of the molecule is Cc1ccccc1-c1cccc2c1sc1ccccc12. The number of thiophene rings is 1. The Morgan fingerprint density at radius 1 is 0.650 bits per heavy atom. The van der Waals surface area contributed by atoms with Gasteiger partial charge in [0.05, 0.1) is 0 Å². The minimum atomic E-state index is 1.33. The number of fused-ring (bicyclic) bond motifs is 3. The van der Waals surface area contributed by atoms with Gasteiger partial charge < -0.3 is 0 Å². The molecule has 0 saturated heterocycles. The third-order valence-corrected chi connectivity index (χ3v) is 5.06. The largest absolute Gasteiger partial charge is 0.135 e. The van der Waals surface area contributed by atoms with Crippen LogP contribution in [0.4, 0.5) is 0 Å². The Bertz CT molecular complexity index is 915. The molecule has 0 aliphatic carbocycles. The molecule has 4 aromatic rings. The van der Waals surface area contributed by atoms with Crippen LogP contribution < -0.4 is 0 Å². The number of rotatable bonds is 1. The highest BCUT2D eigenvalue weighted by Crippen LogP contribution is 2.40. The quantitative estimate of drug-likeness (QED) is 0.397. The maximum atomic E-state index is 2.24. The van der Waals surface area contributed by atoms with E-state index >= 15 is 0 Å². The molecule has 3 aromatic carbocycles. The molecule has 4 rings (SSSR count). The summed E-state index contributed by atoms with van der Waals surface area (Å²) in [5.41, 5.74) is 4.02. The Morgan fingerprint density at radius 3 is 2.25 bits per heavy atom. The summed E-state index contributed by atoms with van der Waals surface area (Å²) in [5.74, 6) is 0. The van der Waals surface area contributed by atoms with E-state index in [4.69, 9.17) is 0 Å². The maximum absolute atomic E-state index is 2.24. The summed E-state index contributed by atoms with van der Waals surface area (Å²) < 4.78 is 2.76. The van der Waals surface area contributed by atoms with Crippen molar-refractivity contribution in [1.82, 2.24) is 0 Å². The third-order valence-electron chi connectivity index (χ3n) is 3.84. The summed E-state index contributed by atoms with van der Waals surface area (Å²) in [5, 5.41) is 2.73. The number of hydrogen-bond acceptors (Lipinski definition) is 1. The molecule has 1 heterocycles. The molecule has 0 amide bonds. The molecule has 0 N–H and O–H groups in total. The Balaban J connectivity index is 2.13. The van der Waals surface area contributed by atoms with Crippen LogP contribution in [0.1, 0.15) is 5.56 Å². The molecule has 20 heavy (non-hydrogen) atoms. The van der Waals surface area contributed by atoms with Crippen molar-refractivity contribution in [2.45, 2.75) is 6.92 Å². The normalized spacial score (nSPS) is 11.2. The van der Waals surface area contributed by atoms with Gasteiger partial charge in [-0.3, -0.25) is 0 Å². The van der Waals surface area contributed by atoms with Crippen LogP contribution in [0.3, 0.4) is 0 Å². The highest BCUT2D eigenvalue weighted by atomic mass is 32.1. The van der Waals surface area contributed by atoms with Crippen LogP contribution in [0.15, 0.2) is 66.7 Å². The molecule has 1 aromatic heterocycles. The van der Waals surface area contributed by atoms with E-state index in [-0.39, 0.29) is 0 Å². The lowest BCUT2D eigenvalue weighted by Gasteiger charge is -2.06. The van der Waals surface area contributed by atoms with E-state index in [9.17, 15) is 0 Å². The molecule has 0 unspecified atom stereocenters. The molecule has 0 fully saturated rings. The fourth-order valence-corrected chi connectivity index (χ4v) is 4.06. The Labute approximate surface area is 122 Å². The Hall–Kier alpha value is -2.12. The van der Waals surface area contributed by atoms with Gasteiger partial charge in [0, 0.05) is 20.2 Å². The standard InChI is InChI=1S/C19H14S/c1-13-7-2-3-8-14(13)16-10-6-11-17-15-9-4-5-12-18(15)20-19(16)17/h2-12H,1H3. The smallest absolute Gasteiger partial charge is 0.0433 e. The third kappa shape index (κ3) is 1.67. The lowest BCUT2D eigenvalue weighted by atomic mass is 9.99. The van der Waals surface area contributed by atoms with E-state index in [0.29, 0.717) is 0 Å². The van der Waals surface area contributed by atoms with Crippen LogP contribution in [-0.2, 0) is 0 Å². The predicted molar refractivity (Wildman–Crippen MR) is 89.5 cm³/mol. The van der Waals surface area contributed by atoms with Crippen molar-refractivity contribution in [3.8, 4) is 11.1 Å². The second-order valence-electron chi connectivity index (χ2n) is 5.10. The predicted octanol–water partition coefficient (Wildman–Crippen LogP) is 6.03. The lowest BCUT2D eigenvalue weighted by molar-refractivity contribution is 1.47. The minimum absolute atomic E-state index is 1.33. The summed E-state index contributed by atoms with van der Waals surface area (Å²) in [4.78, 5) is 0. The first-order valence-electron chi connectivity index (χ1n) is 6.81. The summed E-state index contributed by atoms with van der Waals surface area (Å²) in [6, 6.07) is 23.9. The summed E-state index contributed by atoms with van der Waals surface area (Å²) in [6.07, 6.45) is 0. The molecule has 0 saturated carbocycles. The van der Waals surface area contributed by atoms with E-state index in [1.165, 1.54) is 36.9 Å². The fourth-order valence-electron chi connectivity index (χ4n) is 2.83. The summed E-state index contributed by atoms with van der Waals surface area (Å²) >= 11 is 1.89. The van der Waals surface area contributed by atoms with Gasteiger partial charge in [-0.2, -0.15) is 0 Å². The highest BCUT2D eigenvalue weighted by molar-refractivity contribution is 7.26. The van der Waals surface area contributed by atoms with Crippen LogP contribution >= 0.6 is 11.3 Å². The van der Waals surface area contributed by atoms with E-state index in [0.717, 1.165) is 0 Å². The van der Waals surface area contributed by atoms with Crippen molar-refractivity contribution in [3.05, 3.63) is 72.3 Å².